The lowest BCUT2D eigenvalue weighted by Crippen LogP contribution is -2.31. The van der Waals surface area contributed by atoms with Gasteiger partial charge in [0.05, 0.1) is 32.9 Å². The zero-order valence-electron chi connectivity index (χ0n) is 18.4. The molecule has 0 aromatic heterocycles. The van der Waals surface area contributed by atoms with Gasteiger partial charge in [0.2, 0.25) is 0 Å². The average Bonchev–Trinajstić information content (AvgIpc) is 3.05. The van der Waals surface area contributed by atoms with Crippen molar-refractivity contribution in [3.63, 3.8) is 0 Å². The van der Waals surface area contributed by atoms with Crippen molar-refractivity contribution >= 4 is 35.1 Å². The number of fused-ring (bicyclic) bond motifs is 1. The van der Waals surface area contributed by atoms with E-state index in [2.05, 4.69) is 5.32 Å². The summed E-state index contributed by atoms with van der Waals surface area (Å²) in [6, 6.07) is 9.04. The molecule has 174 valence electrons. The lowest BCUT2D eigenvalue weighted by Gasteiger charge is -2.14. The highest BCUT2D eigenvalue weighted by atomic mass is 16.6. The number of nitro groups is 1. The molecule has 11 heteroatoms. The average molecular weight is 464 g/mol. The van der Waals surface area contributed by atoms with Gasteiger partial charge < -0.3 is 10.1 Å². The molecular weight excluding hydrogens is 444 g/mol. The van der Waals surface area contributed by atoms with Crippen LogP contribution in [0.5, 0.6) is 0 Å². The van der Waals surface area contributed by atoms with Crippen molar-refractivity contribution in [2.45, 2.75) is 20.3 Å². The van der Waals surface area contributed by atoms with E-state index < -0.39 is 35.2 Å². The molecule has 11 nitrogen and oxygen atoms in total. The minimum atomic E-state index is -0.886. The molecule has 0 aliphatic carbocycles. The summed E-state index contributed by atoms with van der Waals surface area (Å²) in [5.41, 5.74) is -0.128. The smallest absolute Gasteiger partial charge is 0.338 e. The lowest BCUT2D eigenvalue weighted by molar-refractivity contribution is -0.384. The van der Waals surface area contributed by atoms with Crippen molar-refractivity contribution in [1.29, 1.82) is 5.26 Å². The Labute approximate surface area is 194 Å². The normalized spacial score (nSPS) is 12.4. The standard InChI is InChI=1S/C23H20N4O7/c1-13(2)7-8-26-21(29)17-5-3-14(10-18(17)22(26)30)23(31)34-12-20(28)25-19-6-4-16(27(32)33)9-15(19)11-24/h3-6,9-10,13H,7-8,12H2,1-2H3,(H,25,28). The van der Waals surface area contributed by atoms with Crippen LogP contribution in [0.3, 0.4) is 0 Å². The molecule has 0 spiro atoms. The van der Waals surface area contributed by atoms with Crippen molar-refractivity contribution in [1.82, 2.24) is 4.90 Å². The second kappa shape index (κ2) is 9.91. The van der Waals surface area contributed by atoms with E-state index in [1.807, 2.05) is 13.8 Å². The summed E-state index contributed by atoms with van der Waals surface area (Å²) >= 11 is 0. The van der Waals surface area contributed by atoms with Gasteiger partial charge >= 0.3 is 5.97 Å². The second-order valence-corrected chi connectivity index (χ2v) is 7.93. The molecule has 0 unspecified atom stereocenters. The largest absolute Gasteiger partial charge is 0.452 e. The van der Waals surface area contributed by atoms with E-state index in [-0.39, 0.29) is 40.2 Å². The molecule has 3 rings (SSSR count). The third-order valence-corrected chi connectivity index (χ3v) is 5.08. The number of nitriles is 1. The molecule has 2 aromatic carbocycles. The first kappa shape index (κ1) is 24.1. The number of imide groups is 1. The molecule has 1 aliphatic heterocycles. The molecule has 0 fully saturated rings. The number of rotatable bonds is 8. The fourth-order valence-corrected chi connectivity index (χ4v) is 3.26. The summed E-state index contributed by atoms with van der Waals surface area (Å²) in [5, 5.41) is 22.3. The summed E-state index contributed by atoms with van der Waals surface area (Å²) < 4.78 is 4.97. The van der Waals surface area contributed by atoms with E-state index in [1.54, 1.807) is 6.07 Å². The van der Waals surface area contributed by atoms with Gasteiger partial charge in [-0.25, -0.2) is 4.79 Å². The van der Waals surface area contributed by atoms with Crippen molar-refractivity contribution in [2.24, 2.45) is 5.92 Å². The van der Waals surface area contributed by atoms with Gasteiger partial charge in [-0.15, -0.1) is 0 Å². The Kier molecular flexibility index (Phi) is 7.01. The van der Waals surface area contributed by atoms with Crippen LogP contribution in [0, 0.1) is 27.4 Å². The lowest BCUT2D eigenvalue weighted by atomic mass is 10.1. The molecule has 0 bridgehead atoms. The van der Waals surface area contributed by atoms with Crippen LogP contribution in [-0.2, 0) is 9.53 Å². The number of carbonyl (C=O) groups excluding carboxylic acids is 4. The number of esters is 1. The number of nitrogens with zero attached hydrogens (tertiary/aromatic N) is 3. The Bertz CT molecular complexity index is 1250. The first-order valence-corrected chi connectivity index (χ1v) is 10.3. The maximum atomic E-state index is 12.6. The molecule has 0 saturated heterocycles. The van der Waals surface area contributed by atoms with Crippen LogP contribution in [0.15, 0.2) is 36.4 Å². The van der Waals surface area contributed by atoms with Gasteiger partial charge in [-0.2, -0.15) is 5.26 Å². The minimum Gasteiger partial charge on any atom is -0.452 e. The van der Waals surface area contributed by atoms with Gasteiger partial charge in [-0.3, -0.25) is 29.4 Å². The summed E-state index contributed by atoms with van der Waals surface area (Å²) in [5.74, 6) is -2.27. The highest BCUT2D eigenvalue weighted by Gasteiger charge is 2.35. The number of amides is 3. The van der Waals surface area contributed by atoms with E-state index in [0.717, 1.165) is 17.0 Å². The van der Waals surface area contributed by atoms with Crippen LogP contribution in [-0.4, -0.2) is 46.7 Å². The Hall–Kier alpha value is -4.59. The number of nitrogens with one attached hydrogen (secondary N) is 1. The Balaban J connectivity index is 1.64. The molecule has 0 radical (unpaired) electrons. The van der Waals surface area contributed by atoms with Gasteiger partial charge in [0, 0.05) is 18.7 Å². The monoisotopic (exact) mass is 464 g/mol. The fourth-order valence-electron chi connectivity index (χ4n) is 3.26. The summed E-state index contributed by atoms with van der Waals surface area (Å²) in [7, 11) is 0. The van der Waals surface area contributed by atoms with E-state index in [9.17, 15) is 29.3 Å². The molecule has 0 saturated carbocycles. The number of ether oxygens (including phenoxy) is 1. The number of anilines is 1. The molecule has 1 aliphatic rings. The molecular formula is C23H20N4O7. The van der Waals surface area contributed by atoms with Crippen LogP contribution in [0.4, 0.5) is 11.4 Å². The number of hydrogen-bond acceptors (Lipinski definition) is 8. The number of hydrogen-bond donors (Lipinski definition) is 1. The predicted molar refractivity (Wildman–Crippen MR) is 118 cm³/mol. The third-order valence-electron chi connectivity index (χ3n) is 5.08. The van der Waals surface area contributed by atoms with Crippen molar-refractivity contribution in [3.05, 3.63) is 68.8 Å². The van der Waals surface area contributed by atoms with Crippen LogP contribution >= 0.6 is 0 Å². The van der Waals surface area contributed by atoms with Gasteiger partial charge in [-0.05, 0) is 36.6 Å². The first-order valence-electron chi connectivity index (χ1n) is 10.3. The maximum absolute atomic E-state index is 12.6. The van der Waals surface area contributed by atoms with Gasteiger partial charge in [-0.1, -0.05) is 13.8 Å². The number of benzene rings is 2. The van der Waals surface area contributed by atoms with Crippen molar-refractivity contribution in [3.8, 4) is 6.07 Å². The van der Waals surface area contributed by atoms with Gasteiger partial charge in [0.1, 0.15) is 6.07 Å². The molecule has 1 N–H and O–H groups in total. The van der Waals surface area contributed by atoms with Gasteiger partial charge in [0.15, 0.2) is 6.61 Å². The number of non-ortho nitro benzene ring substituents is 1. The van der Waals surface area contributed by atoms with Crippen molar-refractivity contribution < 1.29 is 28.8 Å². The summed E-state index contributed by atoms with van der Waals surface area (Å²) in [6.45, 7) is 3.53. The Morgan fingerprint density at radius 3 is 2.50 bits per heavy atom. The highest BCUT2D eigenvalue weighted by Crippen LogP contribution is 2.25. The minimum absolute atomic E-state index is 0.00791. The van der Waals surface area contributed by atoms with E-state index in [0.29, 0.717) is 12.3 Å². The fraction of sp³-hybridized carbons (Fsp3) is 0.261. The number of nitro benzene ring substituents is 1. The van der Waals surface area contributed by atoms with Crippen LogP contribution in [0.2, 0.25) is 0 Å². The van der Waals surface area contributed by atoms with Crippen LogP contribution in [0.25, 0.3) is 0 Å². The van der Waals surface area contributed by atoms with E-state index in [4.69, 9.17) is 10.00 Å². The topological polar surface area (TPSA) is 160 Å². The van der Waals surface area contributed by atoms with E-state index in [1.165, 1.54) is 24.3 Å². The molecule has 0 atom stereocenters. The zero-order valence-corrected chi connectivity index (χ0v) is 18.4. The van der Waals surface area contributed by atoms with E-state index >= 15 is 0 Å². The quantitative estimate of drug-likeness (QED) is 0.270. The molecule has 1 heterocycles. The summed E-state index contributed by atoms with van der Waals surface area (Å²) in [6.07, 6.45) is 0.651. The van der Waals surface area contributed by atoms with Gasteiger partial charge in [0.25, 0.3) is 23.4 Å². The third kappa shape index (κ3) is 5.07. The molecule has 2 aromatic rings. The van der Waals surface area contributed by atoms with Crippen molar-refractivity contribution in [2.75, 3.05) is 18.5 Å². The first-order chi connectivity index (χ1) is 16.1. The van der Waals surface area contributed by atoms with Crippen LogP contribution in [0.1, 0.15) is 56.9 Å². The predicted octanol–water partition coefficient (Wildman–Crippen LogP) is 2.90. The highest BCUT2D eigenvalue weighted by molar-refractivity contribution is 6.22. The Morgan fingerprint density at radius 2 is 1.85 bits per heavy atom. The second-order valence-electron chi connectivity index (χ2n) is 7.93. The summed E-state index contributed by atoms with van der Waals surface area (Å²) in [4.78, 5) is 60.9. The molecule has 34 heavy (non-hydrogen) atoms. The maximum Gasteiger partial charge on any atom is 0.338 e. The molecule has 3 amide bonds. The van der Waals surface area contributed by atoms with Crippen LogP contribution < -0.4 is 5.32 Å². The SMILES string of the molecule is CC(C)CCN1C(=O)c2ccc(C(=O)OCC(=O)Nc3ccc([N+](=O)[O-])cc3C#N)cc2C1=O. The number of carbonyl (C=O) groups is 4. The Morgan fingerprint density at radius 1 is 1.15 bits per heavy atom. The zero-order chi connectivity index (χ0) is 25.0.